The Hall–Kier alpha value is -1.77. The fraction of sp³-hybridized carbons (Fsp3) is 0.308. The SMILES string of the molecule is Cc1c(C)c(C)c2c(c1C)C=C2C(N)=NO. The van der Waals surface area contributed by atoms with E-state index in [9.17, 15) is 0 Å². The number of rotatable bonds is 1. The molecule has 0 aromatic heterocycles. The van der Waals surface area contributed by atoms with Crippen molar-refractivity contribution in [2.24, 2.45) is 10.9 Å². The molecule has 3 heteroatoms. The highest BCUT2D eigenvalue weighted by atomic mass is 16.4. The van der Waals surface area contributed by atoms with Gasteiger partial charge in [-0.15, -0.1) is 0 Å². The molecule has 84 valence electrons. The van der Waals surface area contributed by atoms with Gasteiger partial charge < -0.3 is 10.9 Å². The van der Waals surface area contributed by atoms with E-state index >= 15 is 0 Å². The van der Waals surface area contributed by atoms with Crippen LogP contribution in [0.5, 0.6) is 0 Å². The number of hydrogen-bond acceptors (Lipinski definition) is 2. The molecule has 0 heterocycles. The second kappa shape index (κ2) is 3.37. The van der Waals surface area contributed by atoms with Crippen molar-refractivity contribution in [1.29, 1.82) is 0 Å². The number of oxime groups is 1. The molecule has 0 atom stereocenters. The van der Waals surface area contributed by atoms with Crippen LogP contribution in [0.1, 0.15) is 33.4 Å². The highest BCUT2D eigenvalue weighted by Crippen LogP contribution is 2.40. The fourth-order valence-electron chi connectivity index (χ4n) is 2.26. The van der Waals surface area contributed by atoms with Gasteiger partial charge in [-0.25, -0.2) is 0 Å². The molecule has 1 aliphatic rings. The summed E-state index contributed by atoms with van der Waals surface area (Å²) >= 11 is 0. The molecule has 0 unspecified atom stereocenters. The average molecular weight is 216 g/mol. The van der Waals surface area contributed by atoms with Gasteiger partial charge in [0.2, 0.25) is 0 Å². The lowest BCUT2D eigenvalue weighted by molar-refractivity contribution is 0.319. The molecule has 16 heavy (non-hydrogen) atoms. The molecular formula is C13H16N2O. The van der Waals surface area contributed by atoms with Crippen LogP contribution in [-0.2, 0) is 0 Å². The van der Waals surface area contributed by atoms with Crippen molar-refractivity contribution in [3.63, 3.8) is 0 Å². The molecule has 1 aliphatic carbocycles. The van der Waals surface area contributed by atoms with Crippen LogP contribution in [0.4, 0.5) is 0 Å². The van der Waals surface area contributed by atoms with Gasteiger partial charge in [-0.05, 0) is 67.2 Å². The van der Waals surface area contributed by atoms with Gasteiger partial charge in [0.15, 0.2) is 5.84 Å². The fourth-order valence-corrected chi connectivity index (χ4v) is 2.26. The van der Waals surface area contributed by atoms with E-state index in [1.807, 2.05) is 6.08 Å². The monoisotopic (exact) mass is 216 g/mol. The Balaban J connectivity index is 2.67. The van der Waals surface area contributed by atoms with Crippen molar-refractivity contribution in [3.05, 3.63) is 33.4 Å². The van der Waals surface area contributed by atoms with Gasteiger partial charge in [-0.3, -0.25) is 0 Å². The predicted octanol–water partition coefficient (Wildman–Crippen LogP) is 2.52. The number of nitrogens with two attached hydrogens (primary N) is 1. The molecule has 0 radical (unpaired) electrons. The van der Waals surface area contributed by atoms with E-state index in [1.165, 1.54) is 27.8 Å². The third kappa shape index (κ3) is 1.18. The lowest BCUT2D eigenvalue weighted by Gasteiger charge is -2.27. The summed E-state index contributed by atoms with van der Waals surface area (Å²) in [4.78, 5) is 0. The zero-order valence-electron chi connectivity index (χ0n) is 10.0. The number of fused-ring (bicyclic) bond motifs is 1. The smallest absolute Gasteiger partial charge is 0.170 e. The van der Waals surface area contributed by atoms with E-state index in [1.54, 1.807) is 0 Å². The number of amidine groups is 1. The van der Waals surface area contributed by atoms with Gasteiger partial charge >= 0.3 is 0 Å². The Kier molecular flexibility index (Phi) is 2.26. The van der Waals surface area contributed by atoms with E-state index in [0.717, 1.165) is 11.1 Å². The van der Waals surface area contributed by atoms with E-state index in [2.05, 4.69) is 32.9 Å². The lowest BCUT2D eigenvalue weighted by atomic mass is 9.78. The van der Waals surface area contributed by atoms with Crippen molar-refractivity contribution >= 4 is 17.5 Å². The highest BCUT2D eigenvalue weighted by molar-refractivity contribution is 6.31. The minimum atomic E-state index is 0.193. The van der Waals surface area contributed by atoms with Gasteiger partial charge in [-0.1, -0.05) is 5.16 Å². The minimum Gasteiger partial charge on any atom is -0.409 e. The summed E-state index contributed by atoms with van der Waals surface area (Å²) in [5.41, 5.74) is 14.0. The quantitative estimate of drug-likeness (QED) is 0.328. The molecule has 0 spiro atoms. The zero-order chi connectivity index (χ0) is 12.0. The molecule has 3 nitrogen and oxygen atoms in total. The summed E-state index contributed by atoms with van der Waals surface area (Å²) in [7, 11) is 0. The topological polar surface area (TPSA) is 58.6 Å². The van der Waals surface area contributed by atoms with Gasteiger partial charge in [0.05, 0.1) is 0 Å². The van der Waals surface area contributed by atoms with Crippen LogP contribution in [-0.4, -0.2) is 11.0 Å². The minimum absolute atomic E-state index is 0.193. The predicted molar refractivity (Wildman–Crippen MR) is 66.7 cm³/mol. The average Bonchev–Trinajstić information content (AvgIpc) is 2.23. The maximum Gasteiger partial charge on any atom is 0.170 e. The van der Waals surface area contributed by atoms with Crippen LogP contribution < -0.4 is 5.73 Å². The Morgan fingerprint density at radius 2 is 1.62 bits per heavy atom. The lowest BCUT2D eigenvalue weighted by Crippen LogP contribution is -2.21. The second-order valence-corrected chi connectivity index (χ2v) is 4.33. The standard InChI is InChI=1S/C13H16N2O/c1-6-7(2)9(4)12-10(8(6)3)5-11(12)13(14)15-16/h5,16H,1-4H3,(H2,14,15). The molecule has 3 N–H and O–H groups in total. The summed E-state index contributed by atoms with van der Waals surface area (Å²) in [6.45, 7) is 8.44. The molecule has 0 saturated heterocycles. The summed E-state index contributed by atoms with van der Waals surface area (Å²) < 4.78 is 0. The number of nitrogens with zero attached hydrogens (tertiary/aromatic N) is 1. The molecule has 0 saturated carbocycles. The summed E-state index contributed by atoms with van der Waals surface area (Å²) in [6.07, 6.45) is 1.99. The van der Waals surface area contributed by atoms with E-state index in [-0.39, 0.29) is 5.84 Å². The molecule has 0 aliphatic heterocycles. The first kappa shape index (κ1) is 10.7. The zero-order valence-corrected chi connectivity index (χ0v) is 10.0. The van der Waals surface area contributed by atoms with Crippen LogP contribution in [0.25, 0.3) is 11.6 Å². The number of benzene rings is 1. The highest BCUT2D eigenvalue weighted by Gasteiger charge is 2.25. The number of hydrogen-bond donors (Lipinski definition) is 2. The summed E-state index contributed by atoms with van der Waals surface area (Å²) in [5, 5.41) is 11.8. The van der Waals surface area contributed by atoms with E-state index < -0.39 is 0 Å². The third-order valence-corrected chi connectivity index (χ3v) is 3.68. The van der Waals surface area contributed by atoms with Crippen molar-refractivity contribution in [2.75, 3.05) is 0 Å². The van der Waals surface area contributed by atoms with Gasteiger partial charge in [0.25, 0.3) is 0 Å². The van der Waals surface area contributed by atoms with E-state index in [0.29, 0.717) is 0 Å². The van der Waals surface area contributed by atoms with Crippen LogP contribution >= 0.6 is 0 Å². The van der Waals surface area contributed by atoms with Crippen LogP contribution in [0, 0.1) is 27.7 Å². The van der Waals surface area contributed by atoms with Gasteiger partial charge in [-0.2, -0.15) is 0 Å². The first-order chi connectivity index (χ1) is 7.49. The van der Waals surface area contributed by atoms with Gasteiger partial charge in [0, 0.05) is 5.57 Å². The molecule has 2 rings (SSSR count). The molecule has 0 fully saturated rings. The third-order valence-electron chi connectivity index (χ3n) is 3.68. The van der Waals surface area contributed by atoms with Crippen molar-refractivity contribution in [3.8, 4) is 0 Å². The Morgan fingerprint density at radius 3 is 2.19 bits per heavy atom. The first-order valence-corrected chi connectivity index (χ1v) is 5.29. The largest absolute Gasteiger partial charge is 0.409 e. The Bertz CT molecular complexity index is 540. The van der Waals surface area contributed by atoms with Crippen LogP contribution in [0.15, 0.2) is 5.16 Å². The normalized spacial score (nSPS) is 14.2. The van der Waals surface area contributed by atoms with Crippen molar-refractivity contribution in [2.45, 2.75) is 27.7 Å². The van der Waals surface area contributed by atoms with Crippen LogP contribution in [0.2, 0.25) is 0 Å². The molecule has 0 bridgehead atoms. The van der Waals surface area contributed by atoms with Crippen molar-refractivity contribution in [1.82, 2.24) is 0 Å². The Morgan fingerprint density at radius 1 is 1.06 bits per heavy atom. The van der Waals surface area contributed by atoms with Crippen molar-refractivity contribution < 1.29 is 5.21 Å². The molecular weight excluding hydrogens is 200 g/mol. The second-order valence-electron chi connectivity index (χ2n) is 4.33. The summed E-state index contributed by atoms with van der Waals surface area (Å²) in [6, 6.07) is 0. The van der Waals surface area contributed by atoms with Crippen LogP contribution in [0.3, 0.4) is 0 Å². The first-order valence-electron chi connectivity index (χ1n) is 5.29. The molecule has 1 aromatic carbocycles. The Labute approximate surface area is 95.3 Å². The van der Waals surface area contributed by atoms with E-state index in [4.69, 9.17) is 10.9 Å². The maximum absolute atomic E-state index is 8.70. The molecule has 0 amide bonds. The van der Waals surface area contributed by atoms with Gasteiger partial charge in [0.1, 0.15) is 0 Å². The maximum atomic E-state index is 8.70. The summed E-state index contributed by atoms with van der Waals surface area (Å²) in [5.74, 6) is 0.193. The molecule has 1 aromatic rings.